The Hall–Kier alpha value is -2.51. The molecule has 0 aliphatic rings. The van der Waals surface area contributed by atoms with Crippen LogP contribution >= 0.6 is 0 Å². The lowest BCUT2D eigenvalue weighted by molar-refractivity contribution is 0.504. The smallest absolute Gasteiger partial charge is 0.191 e. The van der Waals surface area contributed by atoms with Gasteiger partial charge in [-0.25, -0.2) is 8.78 Å². The summed E-state index contributed by atoms with van der Waals surface area (Å²) in [5.74, 6) is 0.392. The summed E-state index contributed by atoms with van der Waals surface area (Å²) in [5, 5.41) is 14.3. The molecule has 2 rings (SSSR count). The van der Waals surface area contributed by atoms with E-state index in [9.17, 15) is 8.78 Å². The van der Waals surface area contributed by atoms with Crippen molar-refractivity contribution >= 4 is 5.96 Å². The fourth-order valence-corrected chi connectivity index (χ4v) is 2.03. The Morgan fingerprint density at radius 1 is 1.30 bits per heavy atom. The minimum Gasteiger partial charge on any atom is -0.350 e. The molecule has 1 aromatic heterocycles. The maximum absolute atomic E-state index is 13.3. The number of rotatable bonds is 4. The first-order valence-corrected chi connectivity index (χ1v) is 7.19. The van der Waals surface area contributed by atoms with E-state index in [4.69, 9.17) is 0 Å². The van der Waals surface area contributed by atoms with Crippen LogP contribution in [0.4, 0.5) is 8.78 Å². The monoisotopic (exact) mass is 322 g/mol. The van der Waals surface area contributed by atoms with Crippen LogP contribution in [0.15, 0.2) is 23.2 Å². The van der Waals surface area contributed by atoms with Crippen molar-refractivity contribution in [3.05, 3.63) is 47.0 Å². The van der Waals surface area contributed by atoms with Crippen LogP contribution < -0.4 is 10.6 Å². The second kappa shape index (κ2) is 7.17. The number of hydrogen-bond donors (Lipinski definition) is 2. The molecule has 2 aromatic rings. The van der Waals surface area contributed by atoms with Crippen LogP contribution in [-0.4, -0.2) is 27.8 Å². The van der Waals surface area contributed by atoms with E-state index in [1.54, 1.807) is 7.05 Å². The minimum atomic E-state index is -0.867. The van der Waals surface area contributed by atoms with E-state index in [0.717, 1.165) is 17.7 Å². The van der Waals surface area contributed by atoms with Crippen LogP contribution in [0.1, 0.15) is 30.2 Å². The molecule has 124 valence electrons. The van der Waals surface area contributed by atoms with Gasteiger partial charge in [-0.15, -0.1) is 10.2 Å². The number of guanidine groups is 1. The van der Waals surface area contributed by atoms with Gasteiger partial charge in [-0.3, -0.25) is 4.99 Å². The van der Waals surface area contributed by atoms with E-state index in [-0.39, 0.29) is 6.04 Å². The predicted molar refractivity (Wildman–Crippen MR) is 83.8 cm³/mol. The molecule has 0 bridgehead atoms. The van der Waals surface area contributed by atoms with Gasteiger partial charge in [0.15, 0.2) is 23.4 Å². The first-order chi connectivity index (χ1) is 10.9. The van der Waals surface area contributed by atoms with Gasteiger partial charge in [0.25, 0.3) is 0 Å². The van der Waals surface area contributed by atoms with Crippen LogP contribution in [0.2, 0.25) is 0 Å². The molecule has 1 unspecified atom stereocenters. The fourth-order valence-electron chi connectivity index (χ4n) is 2.03. The third-order valence-electron chi connectivity index (χ3n) is 3.62. The van der Waals surface area contributed by atoms with Gasteiger partial charge in [0, 0.05) is 14.1 Å². The Bertz CT molecular complexity index is 710. The van der Waals surface area contributed by atoms with Gasteiger partial charge in [-0.1, -0.05) is 6.07 Å². The zero-order valence-corrected chi connectivity index (χ0v) is 13.6. The molecule has 0 aliphatic heterocycles. The number of nitrogens with zero attached hydrogens (tertiary/aromatic N) is 4. The Balaban J connectivity index is 1.98. The van der Waals surface area contributed by atoms with Crippen LogP contribution in [-0.2, 0) is 13.6 Å². The summed E-state index contributed by atoms with van der Waals surface area (Å²) in [4.78, 5) is 4.11. The Morgan fingerprint density at radius 2 is 2.04 bits per heavy atom. The van der Waals surface area contributed by atoms with Crippen LogP contribution in [0.5, 0.6) is 0 Å². The SMILES string of the molecule is CN=C(NCc1nnc(C)n1C)NC(C)c1ccc(F)c(F)c1. The van der Waals surface area contributed by atoms with Crippen LogP contribution in [0.3, 0.4) is 0 Å². The van der Waals surface area contributed by atoms with Crippen molar-refractivity contribution < 1.29 is 8.78 Å². The number of aryl methyl sites for hydroxylation is 1. The molecule has 0 spiro atoms. The number of aromatic nitrogens is 3. The van der Waals surface area contributed by atoms with Crippen molar-refractivity contribution in [2.75, 3.05) is 7.05 Å². The van der Waals surface area contributed by atoms with Crippen molar-refractivity contribution in [1.82, 2.24) is 25.4 Å². The standard InChI is InChI=1S/C15H20F2N6/c1-9(11-5-6-12(16)13(17)7-11)20-15(18-3)19-8-14-22-21-10(2)23(14)4/h5-7,9H,8H2,1-4H3,(H2,18,19,20). The van der Waals surface area contributed by atoms with Crippen LogP contribution in [0.25, 0.3) is 0 Å². The molecule has 23 heavy (non-hydrogen) atoms. The largest absolute Gasteiger partial charge is 0.350 e. The summed E-state index contributed by atoms with van der Waals surface area (Å²) < 4.78 is 28.2. The van der Waals surface area contributed by atoms with Crippen LogP contribution in [0, 0.1) is 18.6 Å². The molecule has 2 N–H and O–H groups in total. The molecule has 1 atom stereocenters. The highest BCUT2D eigenvalue weighted by Gasteiger charge is 2.12. The Kier molecular flexibility index (Phi) is 5.25. The molecule has 1 aromatic carbocycles. The number of halogens is 2. The van der Waals surface area contributed by atoms with Gasteiger partial charge in [0.2, 0.25) is 0 Å². The van der Waals surface area contributed by atoms with E-state index in [2.05, 4.69) is 25.8 Å². The zero-order valence-electron chi connectivity index (χ0n) is 13.6. The van der Waals surface area contributed by atoms with Gasteiger partial charge < -0.3 is 15.2 Å². The van der Waals surface area contributed by atoms with E-state index in [1.165, 1.54) is 12.1 Å². The lowest BCUT2D eigenvalue weighted by Crippen LogP contribution is -2.38. The Morgan fingerprint density at radius 3 is 2.61 bits per heavy atom. The average Bonchev–Trinajstić information content (AvgIpc) is 2.85. The third-order valence-corrected chi connectivity index (χ3v) is 3.62. The highest BCUT2D eigenvalue weighted by molar-refractivity contribution is 5.80. The van der Waals surface area contributed by atoms with Gasteiger partial charge in [-0.05, 0) is 31.5 Å². The molecule has 0 radical (unpaired) electrons. The highest BCUT2D eigenvalue weighted by Crippen LogP contribution is 2.15. The van der Waals surface area contributed by atoms with E-state index in [1.807, 2.05) is 25.5 Å². The number of hydrogen-bond acceptors (Lipinski definition) is 3. The molecule has 1 heterocycles. The lowest BCUT2D eigenvalue weighted by atomic mass is 10.1. The van der Waals surface area contributed by atoms with Crippen molar-refractivity contribution in [3.63, 3.8) is 0 Å². The molecule has 6 nitrogen and oxygen atoms in total. The normalized spacial score (nSPS) is 13.0. The van der Waals surface area contributed by atoms with E-state index >= 15 is 0 Å². The Labute approximate surface area is 133 Å². The number of benzene rings is 1. The first kappa shape index (κ1) is 16.9. The van der Waals surface area contributed by atoms with Crippen molar-refractivity contribution in [1.29, 1.82) is 0 Å². The summed E-state index contributed by atoms with van der Waals surface area (Å²) >= 11 is 0. The molecule has 0 amide bonds. The quantitative estimate of drug-likeness (QED) is 0.666. The minimum absolute atomic E-state index is 0.238. The molecule has 0 fully saturated rings. The predicted octanol–water partition coefficient (Wildman–Crippen LogP) is 1.83. The highest BCUT2D eigenvalue weighted by atomic mass is 19.2. The van der Waals surface area contributed by atoms with Gasteiger partial charge >= 0.3 is 0 Å². The molecular formula is C15H20F2N6. The molecule has 0 saturated carbocycles. The summed E-state index contributed by atoms with van der Waals surface area (Å²) in [6.07, 6.45) is 0. The molecular weight excluding hydrogens is 302 g/mol. The van der Waals surface area contributed by atoms with Gasteiger partial charge in [-0.2, -0.15) is 0 Å². The lowest BCUT2D eigenvalue weighted by Gasteiger charge is -2.18. The van der Waals surface area contributed by atoms with Gasteiger partial charge in [0.1, 0.15) is 5.82 Å². The van der Waals surface area contributed by atoms with E-state index < -0.39 is 11.6 Å². The molecule has 0 aliphatic carbocycles. The first-order valence-electron chi connectivity index (χ1n) is 7.19. The molecule has 8 heteroatoms. The fraction of sp³-hybridized carbons (Fsp3) is 0.400. The van der Waals surface area contributed by atoms with Crippen molar-refractivity contribution in [3.8, 4) is 0 Å². The third kappa shape index (κ3) is 4.02. The average molecular weight is 322 g/mol. The number of nitrogens with one attached hydrogen (secondary N) is 2. The maximum atomic E-state index is 13.3. The second-order valence-electron chi connectivity index (χ2n) is 5.19. The van der Waals surface area contributed by atoms with Gasteiger partial charge in [0.05, 0.1) is 12.6 Å². The van der Waals surface area contributed by atoms with E-state index in [0.29, 0.717) is 18.1 Å². The van der Waals surface area contributed by atoms with Crippen molar-refractivity contribution in [2.45, 2.75) is 26.4 Å². The second-order valence-corrected chi connectivity index (χ2v) is 5.19. The number of aliphatic imine (C=N–C) groups is 1. The topological polar surface area (TPSA) is 67.1 Å². The maximum Gasteiger partial charge on any atom is 0.191 e. The molecule has 0 saturated heterocycles. The summed E-state index contributed by atoms with van der Waals surface area (Å²) in [6.45, 7) is 4.16. The van der Waals surface area contributed by atoms with Crippen molar-refractivity contribution in [2.24, 2.45) is 12.0 Å². The summed E-state index contributed by atoms with van der Waals surface area (Å²) in [6, 6.07) is 3.58. The summed E-state index contributed by atoms with van der Waals surface area (Å²) in [5.41, 5.74) is 0.626. The summed E-state index contributed by atoms with van der Waals surface area (Å²) in [7, 11) is 3.52. The zero-order chi connectivity index (χ0) is 17.0.